The Bertz CT molecular complexity index is 1130. The van der Waals surface area contributed by atoms with Crippen molar-refractivity contribution in [1.82, 2.24) is 5.32 Å². The van der Waals surface area contributed by atoms with E-state index in [2.05, 4.69) is 86.8 Å². The SMILES string of the molecule is CC/C=C\C/C=C\C/C=C\C/C=C\C/C=C\CCCC(CC(=O)NC(CO)C(O)CCCCCCCCCCCCCC)OC(=O)CCCCCCCCCCCCCCCCC. The molecular formula is C57H103NO5. The van der Waals surface area contributed by atoms with Crippen LogP contribution in [0.4, 0.5) is 0 Å². The van der Waals surface area contributed by atoms with Gasteiger partial charge in [0.2, 0.25) is 5.91 Å². The molecule has 6 heteroatoms. The highest BCUT2D eigenvalue weighted by Crippen LogP contribution is 2.17. The molecule has 0 aromatic rings. The van der Waals surface area contributed by atoms with Crippen molar-refractivity contribution in [2.75, 3.05) is 6.61 Å². The quantitative estimate of drug-likeness (QED) is 0.0321. The molecule has 0 heterocycles. The Balaban J connectivity index is 4.68. The van der Waals surface area contributed by atoms with Crippen LogP contribution in [0.25, 0.3) is 0 Å². The Labute approximate surface area is 390 Å². The molecule has 0 spiro atoms. The standard InChI is InChI=1S/C57H103NO5/c1-4-7-10-13-16-19-22-25-27-28-30-31-33-36-39-42-45-48-53(63-57(62)50-47-44-41-38-35-32-29-26-23-20-17-14-11-8-5-2)51-56(61)58-54(52-59)55(60)49-46-43-40-37-34-24-21-18-15-12-9-6-3/h7,10,16,19,25,27,30-31,36,39,53-55,59-60H,4-6,8-9,11-15,17-18,20-24,26,28-29,32-35,37-38,40-52H2,1-3H3,(H,58,61)/b10-7-,19-16-,27-25-,31-30-,39-36-. The Morgan fingerprint density at radius 3 is 1.27 bits per heavy atom. The molecule has 0 aromatic carbocycles. The highest BCUT2D eigenvalue weighted by molar-refractivity contribution is 5.77. The fourth-order valence-electron chi connectivity index (χ4n) is 8.05. The van der Waals surface area contributed by atoms with Crippen LogP contribution in [0.15, 0.2) is 60.8 Å². The van der Waals surface area contributed by atoms with E-state index in [1.807, 2.05) is 0 Å². The second kappa shape index (κ2) is 50.6. The fourth-order valence-corrected chi connectivity index (χ4v) is 8.05. The van der Waals surface area contributed by atoms with E-state index in [1.165, 1.54) is 135 Å². The Hall–Kier alpha value is -2.44. The average molecular weight is 882 g/mol. The number of carbonyl (C=O) groups is 2. The summed E-state index contributed by atoms with van der Waals surface area (Å²) < 4.78 is 5.92. The van der Waals surface area contributed by atoms with Crippen molar-refractivity contribution in [1.29, 1.82) is 0 Å². The number of ether oxygens (including phenoxy) is 1. The molecule has 3 N–H and O–H groups in total. The van der Waals surface area contributed by atoms with Gasteiger partial charge in [-0.2, -0.15) is 0 Å². The van der Waals surface area contributed by atoms with Crippen molar-refractivity contribution in [3.8, 4) is 0 Å². The number of amides is 1. The summed E-state index contributed by atoms with van der Waals surface area (Å²) in [6.45, 7) is 6.36. The molecule has 3 atom stereocenters. The van der Waals surface area contributed by atoms with Gasteiger partial charge in [-0.05, 0) is 64.2 Å². The number of allylic oxidation sites excluding steroid dienone is 10. The van der Waals surface area contributed by atoms with Crippen LogP contribution in [0.5, 0.6) is 0 Å². The van der Waals surface area contributed by atoms with Crippen molar-refractivity contribution in [3.63, 3.8) is 0 Å². The summed E-state index contributed by atoms with van der Waals surface area (Å²) >= 11 is 0. The lowest BCUT2D eigenvalue weighted by molar-refractivity contribution is -0.151. The maximum Gasteiger partial charge on any atom is 0.306 e. The fraction of sp³-hybridized carbons (Fsp3) is 0.789. The van der Waals surface area contributed by atoms with Gasteiger partial charge in [-0.3, -0.25) is 9.59 Å². The van der Waals surface area contributed by atoms with Crippen molar-refractivity contribution >= 4 is 11.9 Å². The second-order valence-electron chi connectivity index (χ2n) is 18.3. The third-order valence-corrected chi connectivity index (χ3v) is 12.1. The zero-order valence-electron chi connectivity index (χ0n) is 41.7. The van der Waals surface area contributed by atoms with E-state index < -0.39 is 18.2 Å². The van der Waals surface area contributed by atoms with E-state index in [0.29, 0.717) is 19.3 Å². The highest BCUT2D eigenvalue weighted by atomic mass is 16.5. The minimum Gasteiger partial charge on any atom is -0.462 e. The molecule has 366 valence electrons. The van der Waals surface area contributed by atoms with Crippen LogP contribution in [0.1, 0.15) is 265 Å². The minimum absolute atomic E-state index is 0.0398. The normalized spacial score (nSPS) is 13.7. The highest BCUT2D eigenvalue weighted by Gasteiger charge is 2.24. The van der Waals surface area contributed by atoms with Gasteiger partial charge in [0, 0.05) is 6.42 Å². The molecule has 0 aliphatic carbocycles. The van der Waals surface area contributed by atoms with Gasteiger partial charge in [-0.15, -0.1) is 0 Å². The van der Waals surface area contributed by atoms with Gasteiger partial charge in [0.05, 0.1) is 25.2 Å². The molecule has 3 unspecified atom stereocenters. The Kier molecular flexibility index (Phi) is 48.6. The molecule has 0 bridgehead atoms. The summed E-state index contributed by atoms with van der Waals surface area (Å²) in [6.07, 6.45) is 62.8. The van der Waals surface area contributed by atoms with Crippen molar-refractivity contribution in [3.05, 3.63) is 60.8 Å². The number of carbonyl (C=O) groups excluding carboxylic acids is 2. The largest absolute Gasteiger partial charge is 0.462 e. The first kappa shape index (κ1) is 60.6. The molecular weight excluding hydrogens is 779 g/mol. The number of hydrogen-bond donors (Lipinski definition) is 3. The maximum atomic E-state index is 13.2. The molecule has 0 aliphatic rings. The zero-order chi connectivity index (χ0) is 45.9. The second-order valence-corrected chi connectivity index (χ2v) is 18.3. The van der Waals surface area contributed by atoms with Crippen LogP contribution >= 0.6 is 0 Å². The predicted molar refractivity (Wildman–Crippen MR) is 273 cm³/mol. The van der Waals surface area contributed by atoms with E-state index in [0.717, 1.165) is 83.5 Å². The van der Waals surface area contributed by atoms with Crippen LogP contribution in [0.2, 0.25) is 0 Å². The number of hydrogen-bond acceptors (Lipinski definition) is 5. The van der Waals surface area contributed by atoms with Gasteiger partial charge >= 0.3 is 5.97 Å². The summed E-state index contributed by atoms with van der Waals surface area (Å²) in [6, 6.07) is -0.719. The third-order valence-electron chi connectivity index (χ3n) is 12.1. The lowest BCUT2D eigenvalue weighted by Crippen LogP contribution is -2.46. The van der Waals surface area contributed by atoms with E-state index in [1.54, 1.807) is 0 Å². The Morgan fingerprint density at radius 2 is 0.857 bits per heavy atom. The molecule has 6 nitrogen and oxygen atoms in total. The Morgan fingerprint density at radius 1 is 0.476 bits per heavy atom. The van der Waals surface area contributed by atoms with Gasteiger partial charge in [0.25, 0.3) is 0 Å². The number of aliphatic hydroxyl groups excluding tert-OH is 2. The number of aliphatic hydroxyl groups is 2. The van der Waals surface area contributed by atoms with Gasteiger partial charge in [0.15, 0.2) is 0 Å². The molecule has 0 fully saturated rings. The molecule has 1 amide bonds. The first-order valence-corrected chi connectivity index (χ1v) is 27.0. The van der Waals surface area contributed by atoms with Gasteiger partial charge < -0.3 is 20.3 Å². The van der Waals surface area contributed by atoms with Crippen LogP contribution in [-0.2, 0) is 14.3 Å². The number of rotatable bonds is 48. The minimum atomic E-state index is -0.802. The summed E-state index contributed by atoms with van der Waals surface area (Å²) in [5.41, 5.74) is 0. The molecule has 0 aliphatic heterocycles. The summed E-state index contributed by atoms with van der Waals surface area (Å²) in [7, 11) is 0. The summed E-state index contributed by atoms with van der Waals surface area (Å²) in [5.74, 6) is -0.523. The van der Waals surface area contributed by atoms with Crippen LogP contribution in [0.3, 0.4) is 0 Å². The van der Waals surface area contributed by atoms with Crippen molar-refractivity contribution in [2.24, 2.45) is 0 Å². The van der Waals surface area contributed by atoms with Gasteiger partial charge in [-0.25, -0.2) is 0 Å². The molecule has 0 aromatic heterocycles. The van der Waals surface area contributed by atoms with Crippen molar-refractivity contribution < 1.29 is 24.5 Å². The predicted octanol–water partition coefficient (Wildman–Crippen LogP) is 16.4. The summed E-state index contributed by atoms with van der Waals surface area (Å²) in [5, 5.41) is 23.8. The van der Waals surface area contributed by atoms with E-state index in [9.17, 15) is 19.8 Å². The third kappa shape index (κ3) is 45.9. The molecule has 0 saturated heterocycles. The lowest BCUT2D eigenvalue weighted by Gasteiger charge is -2.24. The lowest BCUT2D eigenvalue weighted by atomic mass is 10.0. The smallest absolute Gasteiger partial charge is 0.306 e. The maximum absolute atomic E-state index is 13.2. The van der Waals surface area contributed by atoms with Gasteiger partial charge in [0.1, 0.15) is 6.10 Å². The molecule has 0 rings (SSSR count). The molecule has 0 radical (unpaired) electrons. The molecule has 0 saturated carbocycles. The topological polar surface area (TPSA) is 95.9 Å². The van der Waals surface area contributed by atoms with Crippen LogP contribution < -0.4 is 5.32 Å². The van der Waals surface area contributed by atoms with Gasteiger partial charge in [-0.1, -0.05) is 248 Å². The van der Waals surface area contributed by atoms with Crippen molar-refractivity contribution in [2.45, 2.75) is 283 Å². The van der Waals surface area contributed by atoms with Crippen LogP contribution in [0, 0.1) is 0 Å². The monoisotopic (exact) mass is 882 g/mol. The zero-order valence-corrected chi connectivity index (χ0v) is 41.7. The number of nitrogens with one attached hydrogen (secondary N) is 1. The average Bonchev–Trinajstić information content (AvgIpc) is 3.28. The molecule has 63 heavy (non-hydrogen) atoms. The van der Waals surface area contributed by atoms with E-state index in [4.69, 9.17) is 4.74 Å². The number of esters is 1. The number of unbranched alkanes of at least 4 members (excludes halogenated alkanes) is 26. The first-order chi connectivity index (χ1) is 31.0. The van der Waals surface area contributed by atoms with E-state index in [-0.39, 0.29) is 24.9 Å². The van der Waals surface area contributed by atoms with E-state index >= 15 is 0 Å². The van der Waals surface area contributed by atoms with Crippen LogP contribution in [-0.4, -0.2) is 46.9 Å². The first-order valence-electron chi connectivity index (χ1n) is 27.0. The summed E-state index contributed by atoms with van der Waals surface area (Å²) in [4.78, 5) is 26.2.